The fourth-order valence-electron chi connectivity index (χ4n) is 3.43. The van der Waals surface area contributed by atoms with Gasteiger partial charge in [-0.3, -0.25) is 14.3 Å². The fourth-order valence-corrected chi connectivity index (χ4v) is 3.43. The number of nitrogens with two attached hydrogens (primary N) is 1. The molecule has 0 aliphatic carbocycles. The maximum atomic E-state index is 13.0. The summed E-state index contributed by atoms with van der Waals surface area (Å²) in [4.78, 5) is 26.6. The van der Waals surface area contributed by atoms with Gasteiger partial charge in [0.25, 0.3) is 5.91 Å². The van der Waals surface area contributed by atoms with E-state index >= 15 is 0 Å². The van der Waals surface area contributed by atoms with Crippen LogP contribution in [0.25, 0.3) is 0 Å². The van der Waals surface area contributed by atoms with E-state index in [1.807, 2.05) is 35.2 Å². The second-order valence-electron chi connectivity index (χ2n) is 6.90. The third kappa shape index (κ3) is 5.81. The van der Waals surface area contributed by atoms with E-state index in [9.17, 15) is 9.59 Å². The Morgan fingerprint density at radius 2 is 2.00 bits per heavy atom. The van der Waals surface area contributed by atoms with E-state index in [0.717, 1.165) is 24.8 Å². The molecule has 1 aliphatic rings. The molecule has 2 amide bonds. The van der Waals surface area contributed by atoms with E-state index in [4.69, 9.17) is 5.73 Å². The molecular formula is C20H28ClN5O2. The first-order valence-corrected chi connectivity index (χ1v) is 9.51. The van der Waals surface area contributed by atoms with Crippen LogP contribution in [0.1, 0.15) is 41.6 Å². The lowest BCUT2D eigenvalue weighted by Gasteiger charge is -2.35. The molecule has 1 atom stereocenters. The van der Waals surface area contributed by atoms with Gasteiger partial charge < -0.3 is 16.0 Å². The summed E-state index contributed by atoms with van der Waals surface area (Å²) < 4.78 is 1.78. The van der Waals surface area contributed by atoms with E-state index in [1.165, 1.54) is 0 Å². The largest absolute Gasteiger partial charge is 0.354 e. The van der Waals surface area contributed by atoms with Crippen molar-refractivity contribution in [1.29, 1.82) is 0 Å². The number of carbonyl (C=O) groups is 2. The Bertz CT molecular complexity index is 765. The van der Waals surface area contributed by atoms with Gasteiger partial charge in [0.2, 0.25) is 5.91 Å². The Morgan fingerprint density at radius 1 is 1.21 bits per heavy atom. The molecule has 0 radical (unpaired) electrons. The molecule has 3 N–H and O–H groups in total. The lowest BCUT2D eigenvalue weighted by atomic mass is 10.0. The topological polar surface area (TPSA) is 93.2 Å². The summed E-state index contributed by atoms with van der Waals surface area (Å²) in [6.07, 6.45) is 6.68. The van der Waals surface area contributed by atoms with Gasteiger partial charge in [0.05, 0.1) is 18.3 Å². The van der Waals surface area contributed by atoms with Gasteiger partial charge in [-0.1, -0.05) is 30.3 Å². The summed E-state index contributed by atoms with van der Waals surface area (Å²) in [5.41, 5.74) is 7.14. The first-order valence-electron chi connectivity index (χ1n) is 9.51. The van der Waals surface area contributed by atoms with Crippen molar-refractivity contribution < 1.29 is 9.59 Å². The van der Waals surface area contributed by atoms with Crippen LogP contribution in [-0.2, 0) is 11.3 Å². The number of benzene rings is 1. The molecule has 0 bridgehead atoms. The van der Waals surface area contributed by atoms with Gasteiger partial charge in [-0.25, -0.2) is 0 Å². The second kappa shape index (κ2) is 10.8. The second-order valence-corrected chi connectivity index (χ2v) is 6.90. The Kier molecular flexibility index (Phi) is 8.47. The molecule has 28 heavy (non-hydrogen) atoms. The zero-order valence-corrected chi connectivity index (χ0v) is 16.7. The number of hydrogen-bond donors (Lipinski definition) is 2. The van der Waals surface area contributed by atoms with Crippen molar-refractivity contribution in [2.24, 2.45) is 5.73 Å². The number of nitrogens with one attached hydrogen (secondary N) is 1. The predicted molar refractivity (Wildman–Crippen MR) is 110 cm³/mol. The normalized spacial score (nSPS) is 16.3. The molecule has 3 rings (SSSR count). The number of halogens is 1. The van der Waals surface area contributed by atoms with Gasteiger partial charge in [0.1, 0.15) is 0 Å². The van der Waals surface area contributed by atoms with Gasteiger partial charge in [-0.05, 0) is 24.8 Å². The smallest absolute Gasteiger partial charge is 0.257 e. The quantitative estimate of drug-likeness (QED) is 0.734. The number of aromatic nitrogens is 2. The lowest BCUT2D eigenvalue weighted by Crippen LogP contribution is -2.49. The molecule has 1 fully saturated rings. The minimum atomic E-state index is -0.0637. The average Bonchev–Trinajstić information content (AvgIpc) is 3.15. The Labute approximate surface area is 171 Å². The van der Waals surface area contributed by atoms with Crippen molar-refractivity contribution >= 4 is 24.2 Å². The van der Waals surface area contributed by atoms with Crippen LogP contribution >= 0.6 is 12.4 Å². The first kappa shape index (κ1) is 21.9. The van der Waals surface area contributed by atoms with Crippen LogP contribution in [0.3, 0.4) is 0 Å². The molecule has 0 saturated carbocycles. The number of piperidine rings is 1. The summed E-state index contributed by atoms with van der Waals surface area (Å²) >= 11 is 0. The summed E-state index contributed by atoms with van der Waals surface area (Å²) in [7, 11) is 0. The van der Waals surface area contributed by atoms with Crippen molar-refractivity contribution in [3.05, 3.63) is 53.9 Å². The van der Waals surface area contributed by atoms with Crippen molar-refractivity contribution in [3.63, 3.8) is 0 Å². The highest BCUT2D eigenvalue weighted by Gasteiger charge is 2.28. The first-order chi connectivity index (χ1) is 13.2. The van der Waals surface area contributed by atoms with Crippen molar-refractivity contribution in [3.8, 4) is 0 Å². The van der Waals surface area contributed by atoms with Crippen LogP contribution in [0.4, 0.5) is 0 Å². The zero-order valence-electron chi connectivity index (χ0n) is 15.9. The molecule has 1 unspecified atom stereocenters. The van der Waals surface area contributed by atoms with Crippen molar-refractivity contribution in [1.82, 2.24) is 20.0 Å². The van der Waals surface area contributed by atoms with Crippen LogP contribution in [0.5, 0.6) is 0 Å². The fraction of sp³-hybridized carbons (Fsp3) is 0.450. The molecule has 152 valence electrons. The van der Waals surface area contributed by atoms with Gasteiger partial charge in [0.15, 0.2) is 0 Å². The van der Waals surface area contributed by atoms with Gasteiger partial charge in [0, 0.05) is 38.3 Å². The summed E-state index contributed by atoms with van der Waals surface area (Å²) in [6.45, 7) is 2.15. The van der Waals surface area contributed by atoms with E-state index in [2.05, 4.69) is 10.4 Å². The molecule has 8 heteroatoms. The maximum Gasteiger partial charge on any atom is 0.257 e. The zero-order chi connectivity index (χ0) is 19.1. The Morgan fingerprint density at radius 3 is 2.75 bits per heavy atom. The van der Waals surface area contributed by atoms with Gasteiger partial charge in [-0.15, -0.1) is 12.4 Å². The monoisotopic (exact) mass is 405 g/mol. The molecule has 2 aromatic rings. The molecule has 2 heterocycles. The maximum absolute atomic E-state index is 13.0. The standard InChI is InChI=1S/C20H27N5O2.ClH/c21-10-9-19(26)22-13-18-8-4-5-11-25(18)20(27)17-12-23-24(15-17)14-16-6-2-1-3-7-16;/h1-3,6-7,12,15,18H,4-5,8-11,13-14,21H2,(H,22,26);1H. The molecule has 7 nitrogen and oxygen atoms in total. The molecule has 1 saturated heterocycles. The summed E-state index contributed by atoms with van der Waals surface area (Å²) in [5, 5.41) is 7.23. The SMILES string of the molecule is Cl.NCCC(=O)NCC1CCCCN1C(=O)c1cnn(Cc2ccccc2)c1. The van der Waals surface area contributed by atoms with Gasteiger partial charge in [-0.2, -0.15) is 5.10 Å². The molecule has 1 aromatic carbocycles. The minimum absolute atomic E-state index is 0. The van der Waals surface area contributed by atoms with Crippen LogP contribution in [0.15, 0.2) is 42.7 Å². The Hall–Kier alpha value is -2.38. The van der Waals surface area contributed by atoms with Crippen LogP contribution in [-0.4, -0.2) is 52.2 Å². The average molecular weight is 406 g/mol. The molecule has 0 spiro atoms. The predicted octanol–water partition coefficient (Wildman–Crippen LogP) is 1.81. The number of amides is 2. The third-order valence-corrected chi connectivity index (χ3v) is 4.86. The lowest BCUT2D eigenvalue weighted by molar-refractivity contribution is -0.121. The highest BCUT2D eigenvalue weighted by Crippen LogP contribution is 2.19. The highest BCUT2D eigenvalue weighted by atomic mass is 35.5. The van der Waals surface area contributed by atoms with E-state index in [0.29, 0.717) is 38.2 Å². The van der Waals surface area contributed by atoms with Crippen LogP contribution in [0, 0.1) is 0 Å². The van der Waals surface area contributed by atoms with E-state index < -0.39 is 0 Å². The molecular weight excluding hydrogens is 378 g/mol. The van der Waals surface area contributed by atoms with E-state index in [-0.39, 0.29) is 30.3 Å². The number of hydrogen-bond acceptors (Lipinski definition) is 4. The highest BCUT2D eigenvalue weighted by molar-refractivity contribution is 5.94. The van der Waals surface area contributed by atoms with Crippen LogP contribution in [0.2, 0.25) is 0 Å². The Balaban J connectivity index is 0.00000280. The van der Waals surface area contributed by atoms with Crippen molar-refractivity contribution in [2.75, 3.05) is 19.6 Å². The van der Waals surface area contributed by atoms with Crippen LogP contribution < -0.4 is 11.1 Å². The third-order valence-electron chi connectivity index (χ3n) is 4.86. The summed E-state index contributed by atoms with van der Waals surface area (Å²) in [5.74, 6) is -0.0850. The minimum Gasteiger partial charge on any atom is -0.354 e. The molecule has 1 aromatic heterocycles. The molecule has 1 aliphatic heterocycles. The van der Waals surface area contributed by atoms with E-state index in [1.54, 1.807) is 17.1 Å². The number of likely N-dealkylation sites (tertiary alicyclic amines) is 1. The number of nitrogens with zero attached hydrogens (tertiary/aromatic N) is 3. The van der Waals surface area contributed by atoms with Crippen molar-refractivity contribution in [2.45, 2.75) is 38.3 Å². The summed E-state index contributed by atoms with van der Waals surface area (Å²) in [6, 6.07) is 10.0. The number of carbonyl (C=O) groups excluding carboxylic acids is 2. The van der Waals surface area contributed by atoms with Gasteiger partial charge >= 0.3 is 0 Å². The number of rotatable bonds is 7.